The molecule has 43 heavy (non-hydrogen) atoms. The number of hydrogen-bond donors (Lipinski definition) is 2. The Kier molecular flexibility index (Phi) is 9.29. The van der Waals surface area contributed by atoms with Crippen LogP contribution in [0.1, 0.15) is 65.0 Å². The van der Waals surface area contributed by atoms with Gasteiger partial charge in [0.15, 0.2) is 0 Å². The van der Waals surface area contributed by atoms with E-state index in [1.54, 1.807) is 13.3 Å². The van der Waals surface area contributed by atoms with E-state index < -0.39 is 18.6 Å². The van der Waals surface area contributed by atoms with Gasteiger partial charge in [0.05, 0.1) is 47.9 Å². The molecule has 0 aliphatic carbocycles. The highest BCUT2D eigenvalue weighted by atomic mass is 19.3. The first kappa shape index (κ1) is 29.3. The SMILES string of the molecule is COc1nc2ccccc2cc1-c1cnc([C@H](CCCCCC(=O)c2ncco2)NC(=O)c2ccc(OC(F)F)nc2)[nH]1. The van der Waals surface area contributed by atoms with Crippen LogP contribution in [0.5, 0.6) is 11.8 Å². The zero-order chi connectivity index (χ0) is 30.2. The van der Waals surface area contributed by atoms with E-state index in [1.807, 2.05) is 30.3 Å². The van der Waals surface area contributed by atoms with Gasteiger partial charge in [-0.1, -0.05) is 31.0 Å². The highest BCUT2D eigenvalue weighted by molar-refractivity contribution is 5.94. The maximum absolute atomic E-state index is 13.1. The predicted octanol–water partition coefficient (Wildman–Crippen LogP) is 5.92. The van der Waals surface area contributed by atoms with Gasteiger partial charge in [-0.25, -0.2) is 19.9 Å². The van der Waals surface area contributed by atoms with Crippen LogP contribution in [0.2, 0.25) is 0 Å². The zero-order valence-corrected chi connectivity index (χ0v) is 23.1. The lowest BCUT2D eigenvalue weighted by atomic mass is 10.0. The number of methoxy groups -OCH3 is 1. The van der Waals surface area contributed by atoms with Crippen LogP contribution >= 0.6 is 0 Å². The predicted molar refractivity (Wildman–Crippen MR) is 151 cm³/mol. The summed E-state index contributed by atoms with van der Waals surface area (Å²) >= 11 is 0. The molecule has 0 bridgehead atoms. The summed E-state index contributed by atoms with van der Waals surface area (Å²) in [6.45, 7) is -3.02. The Balaban J connectivity index is 1.32. The van der Waals surface area contributed by atoms with Crippen LogP contribution in [0, 0.1) is 0 Å². The minimum absolute atomic E-state index is 0.0884. The van der Waals surface area contributed by atoms with Gasteiger partial charge in [0, 0.05) is 24.1 Å². The molecule has 0 radical (unpaired) electrons. The number of H-pyrrole nitrogens is 1. The molecule has 1 atom stereocenters. The Labute approximate surface area is 244 Å². The number of unbranched alkanes of at least 4 members (excludes halogenated alkanes) is 2. The van der Waals surface area contributed by atoms with Gasteiger partial charge in [0.2, 0.25) is 17.5 Å². The van der Waals surface area contributed by atoms with Crippen LogP contribution in [0.15, 0.2) is 71.7 Å². The number of Topliss-reactive ketones (excluding diaryl/α,β-unsaturated/α-hetero) is 1. The van der Waals surface area contributed by atoms with E-state index in [9.17, 15) is 18.4 Å². The summed E-state index contributed by atoms with van der Waals surface area (Å²) in [5.74, 6) is 0.0715. The number of aromatic nitrogens is 5. The topological polar surface area (TPSA) is 145 Å². The summed E-state index contributed by atoms with van der Waals surface area (Å²) in [5, 5.41) is 3.88. The van der Waals surface area contributed by atoms with E-state index >= 15 is 0 Å². The normalized spacial score (nSPS) is 11.9. The lowest BCUT2D eigenvalue weighted by molar-refractivity contribution is -0.0528. The summed E-state index contributed by atoms with van der Waals surface area (Å²) in [5.41, 5.74) is 2.30. The maximum Gasteiger partial charge on any atom is 0.388 e. The van der Waals surface area contributed by atoms with Crippen LogP contribution in [-0.4, -0.2) is 50.3 Å². The Morgan fingerprint density at radius 1 is 1.05 bits per heavy atom. The Hall–Kier alpha value is -5.20. The molecule has 0 spiro atoms. The van der Waals surface area contributed by atoms with Gasteiger partial charge >= 0.3 is 6.61 Å². The average molecular weight is 591 g/mol. The fourth-order valence-electron chi connectivity index (χ4n) is 4.57. The number of para-hydroxylation sites is 1. The molecule has 1 aromatic carbocycles. The van der Waals surface area contributed by atoms with Crippen molar-refractivity contribution in [2.75, 3.05) is 7.11 Å². The molecule has 4 heterocycles. The van der Waals surface area contributed by atoms with Gasteiger partial charge in [-0.2, -0.15) is 8.78 Å². The van der Waals surface area contributed by atoms with Crippen LogP contribution in [-0.2, 0) is 0 Å². The van der Waals surface area contributed by atoms with E-state index in [0.29, 0.717) is 48.6 Å². The zero-order valence-electron chi connectivity index (χ0n) is 23.1. The van der Waals surface area contributed by atoms with Crippen molar-refractivity contribution in [3.63, 3.8) is 0 Å². The number of hydrogen-bond acceptors (Lipinski definition) is 9. The lowest BCUT2D eigenvalue weighted by Crippen LogP contribution is -2.29. The highest BCUT2D eigenvalue weighted by Gasteiger charge is 2.21. The molecule has 0 aliphatic heterocycles. The van der Waals surface area contributed by atoms with Gasteiger partial charge in [-0.15, -0.1) is 0 Å². The fourth-order valence-corrected chi connectivity index (χ4v) is 4.57. The lowest BCUT2D eigenvalue weighted by Gasteiger charge is -2.17. The third-order valence-electron chi connectivity index (χ3n) is 6.68. The van der Waals surface area contributed by atoms with Gasteiger partial charge < -0.3 is 24.2 Å². The molecule has 1 amide bonds. The first-order valence-electron chi connectivity index (χ1n) is 13.5. The number of ether oxygens (including phenoxy) is 2. The van der Waals surface area contributed by atoms with Crippen molar-refractivity contribution in [2.24, 2.45) is 0 Å². The van der Waals surface area contributed by atoms with Crippen LogP contribution < -0.4 is 14.8 Å². The summed E-state index contributed by atoms with van der Waals surface area (Å²) < 4.78 is 39.8. The minimum atomic E-state index is -3.02. The second-order valence-electron chi connectivity index (χ2n) is 9.57. The Bertz CT molecular complexity index is 1670. The minimum Gasteiger partial charge on any atom is -0.480 e. The first-order chi connectivity index (χ1) is 20.9. The van der Waals surface area contributed by atoms with Gasteiger partial charge in [0.1, 0.15) is 12.1 Å². The van der Waals surface area contributed by atoms with Gasteiger partial charge in [-0.05, 0) is 31.0 Å². The number of imidazole rings is 1. The molecule has 0 aliphatic rings. The van der Waals surface area contributed by atoms with Crippen molar-refractivity contribution in [3.05, 3.63) is 84.6 Å². The molecular weight excluding hydrogens is 562 g/mol. The van der Waals surface area contributed by atoms with E-state index in [2.05, 4.69) is 35.0 Å². The molecule has 0 fully saturated rings. The number of halogens is 2. The molecule has 5 aromatic rings. The monoisotopic (exact) mass is 590 g/mol. The standard InChI is InChI=1S/C30H28F2N6O5/c1-41-28-20(15-18-7-5-6-8-21(18)38-28)23-17-35-26(36-23)22(9-3-2-4-10-24(39)29-33-13-14-42-29)37-27(40)19-11-12-25(34-16-19)43-30(31)32/h5-8,11-17,22,30H,2-4,9-10H2,1H3,(H,35,36)(H,37,40)/t22-/m0/s1. The number of nitrogens with zero attached hydrogens (tertiary/aromatic N) is 4. The fraction of sp³-hybridized carbons (Fsp3) is 0.267. The van der Waals surface area contributed by atoms with Crippen molar-refractivity contribution >= 4 is 22.6 Å². The number of alkyl halides is 2. The molecule has 5 rings (SSSR count). The number of nitrogens with one attached hydrogen (secondary N) is 2. The summed E-state index contributed by atoms with van der Waals surface area (Å²) in [6.07, 6.45) is 8.37. The summed E-state index contributed by atoms with van der Waals surface area (Å²) in [7, 11) is 1.54. The van der Waals surface area contributed by atoms with Gasteiger partial charge in [-0.3, -0.25) is 9.59 Å². The molecule has 2 N–H and O–H groups in total. The largest absolute Gasteiger partial charge is 0.480 e. The molecule has 0 saturated carbocycles. The number of carbonyl (C=O) groups excluding carboxylic acids is 2. The van der Waals surface area contributed by atoms with E-state index in [4.69, 9.17) is 9.15 Å². The number of amides is 1. The maximum atomic E-state index is 13.1. The third kappa shape index (κ3) is 7.36. The van der Waals surface area contributed by atoms with Crippen LogP contribution in [0.4, 0.5) is 8.78 Å². The molecule has 11 nitrogen and oxygen atoms in total. The quantitative estimate of drug-likeness (QED) is 0.119. The van der Waals surface area contributed by atoms with Crippen molar-refractivity contribution in [1.29, 1.82) is 0 Å². The molecule has 0 saturated heterocycles. The first-order valence-corrected chi connectivity index (χ1v) is 13.5. The number of rotatable bonds is 14. The highest BCUT2D eigenvalue weighted by Crippen LogP contribution is 2.32. The van der Waals surface area contributed by atoms with Crippen molar-refractivity contribution in [2.45, 2.75) is 44.8 Å². The molecular formula is C30H28F2N6O5. The van der Waals surface area contributed by atoms with E-state index in [1.165, 1.54) is 24.6 Å². The number of ketones is 1. The number of pyridine rings is 2. The average Bonchev–Trinajstić information content (AvgIpc) is 3.73. The summed E-state index contributed by atoms with van der Waals surface area (Å²) in [6, 6.07) is 11.6. The smallest absolute Gasteiger partial charge is 0.388 e. The summed E-state index contributed by atoms with van der Waals surface area (Å²) in [4.78, 5) is 45.4. The van der Waals surface area contributed by atoms with Crippen molar-refractivity contribution in [3.8, 4) is 23.0 Å². The molecule has 4 aromatic heterocycles. The molecule has 0 unspecified atom stereocenters. The van der Waals surface area contributed by atoms with Crippen LogP contribution in [0.25, 0.3) is 22.2 Å². The van der Waals surface area contributed by atoms with Crippen molar-refractivity contribution in [1.82, 2.24) is 30.2 Å². The number of oxazole rings is 1. The Morgan fingerprint density at radius 2 is 1.91 bits per heavy atom. The number of carbonyl (C=O) groups is 2. The second-order valence-corrected chi connectivity index (χ2v) is 9.57. The van der Waals surface area contributed by atoms with E-state index in [-0.39, 0.29) is 29.5 Å². The molecule has 222 valence electrons. The third-order valence-corrected chi connectivity index (χ3v) is 6.68. The number of benzene rings is 1. The molecule has 13 heteroatoms. The Morgan fingerprint density at radius 3 is 2.65 bits per heavy atom. The second kappa shape index (κ2) is 13.6. The number of fused-ring (bicyclic) bond motifs is 1. The van der Waals surface area contributed by atoms with Gasteiger partial charge in [0.25, 0.3) is 11.8 Å². The van der Waals surface area contributed by atoms with Crippen LogP contribution in [0.3, 0.4) is 0 Å². The van der Waals surface area contributed by atoms with Crippen molar-refractivity contribution < 1.29 is 32.3 Å². The number of aromatic amines is 1. The van der Waals surface area contributed by atoms with E-state index in [0.717, 1.165) is 17.1 Å².